The fraction of sp³-hybridized carbons (Fsp3) is 0.391. The molecule has 0 atom stereocenters. The van der Waals surface area contributed by atoms with Gasteiger partial charge in [-0.3, -0.25) is 4.79 Å². The van der Waals surface area contributed by atoms with Crippen molar-refractivity contribution >= 4 is 17.6 Å². The largest absolute Gasteiger partial charge is 0.481 e. The SMILES string of the molecule is COC(=O)COc1c(C)cc(CNCC(=O)N2CCCc3ccccc32)cc1C. The summed E-state index contributed by atoms with van der Waals surface area (Å²) in [4.78, 5) is 25.9. The number of aryl methyl sites for hydroxylation is 3. The van der Waals surface area contributed by atoms with Crippen molar-refractivity contribution in [3.63, 3.8) is 0 Å². The minimum absolute atomic E-state index is 0.0867. The molecular formula is C23H28N2O4. The van der Waals surface area contributed by atoms with Crippen LogP contribution in [0, 0.1) is 13.8 Å². The zero-order valence-electron chi connectivity index (χ0n) is 17.3. The van der Waals surface area contributed by atoms with Crippen molar-refractivity contribution in [2.24, 2.45) is 0 Å². The molecule has 1 aliphatic rings. The Labute approximate surface area is 171 Å². The Balaban J connectivity index is 1.57. The molecule has 6 heteroatoms. The van der Waals surface area contributed by atoms with Gasteiger partial charge in [-0.05, 0) is 55.0 Å². The second-order valence-corrected chi connectivity index (χ2v) is 7.30. The van der Waals surface area contributed by atoms with Gasteiger partial charge in [0.15, 0.2) is 6.61 Å². The van der Waals surface area contributed by atoms with Crippen molar-refractivity contribution in [1.29, 1.82) is 0 Å². The fourth-order valence-corrected chi connectivity index (χ4v) is 3.76. The third-order valence-corrected chi connectivity index (χ3v) is 5.10. The van der Waals surface area contributed by atoms with Crippen LogP contribution in [0.5, 0.6) is 5.75 Å². The first-order chi connectivity index (χ1) is 14.0. The van der Waals surface area contributed by atoms with Crippen LogP contribution in [-0.2, 0) is 27.3 Å². The molecule has 0 spiro atoms. The number of amides is 1. The van der Waals surface area contributed by atoms with E-state index in [0.717, 1.165) is 41.8 Å². The summed E-state index contributed by atoms with van der Waals surface area (Å²) in [6.45, 7) is 5.41. The van der Waals surface area contributed by atoms with Gasteiger partial charge in [0.05, 0.1) is 13.7 Å². The molecule has 0 aromatic heterocycles. The number of hydrogen-bond donors (Lipinski definition) is 1. The second kappa shape index (κ2) is 9.56. The molecule has 0 unspecified atom stereocenters. The van der Waals surface area contributed by atoms with Gasteiger partial charge in [0.2, 0.25) is 5.91 Å². The summed E-state index contributed by atoms with van der Waals surface area (Å²) >= 11 is 0. The number of esters is 1. The Morgan fingerprint density at radius 2 is 1.86 bits per heavy atom. The van der Waals surface area contributed by atoms with Crippen LogP contribution < -0.4 is 15.0 Å². The topological polar surface area (TPSA) is 67.9 Å². The van der Waals surface area contributed by atoms with E-state index in [9.17, 15) is 9.59 Å². The number of para-hydroxylation sites is 1. The highest BCUT2D eigenvalue weighted by Gasteiger charge is 2.21. The Hall–Kier alpha value is -2.86. The van der Waals surface area contributed by atoms with Crippen molar-refractivity contribution in [2.75, 3.05) is 31.7 Å². The van der Waals surface area contributed by atoms with E-state index in [-0.39, 0.29) is 19.1 Å². The number of methoxy groups -OCH3 is 1. The normalized spacial score (nSPS) is 13.0. The van der Waals surface area contributed by atoms with Crippen molar-refractivity contribution in [1.82, 2.24) is 5.32 Å². The zero-order chi connectivity index (χ0) is 20.8. The lowest BCUT2D eigenvalue weighted by Gasteiger charge is -2.29. The summed E-state index contributed by atoms with van der Waals surface area (Å²) in [6.07, 6.45) is 2.02. The Morgan fingerprint density at radius 1 is 1.14 bits per heavy atom. The molecule has 0 radical (unpaired) electrons. The van der Waals surface area contributed by atoms with Gasteiger partial charge < -0.3 is 19.7 Å². The van der Waals surface area contributed by atoms with Crippen molar-refractivity contribution in [2.45, 2.75) is 33.2 Å². The van der Waals surface area contributed by atoms with Crippen LogP contribution in [0.1, 0.15) is 28.7 Å². The van der Waals surface area contributed by atoms with Crippen LogP contribution in [0.2, 0.25) is 0 Å². The monoisotopic (exact) mass is 396 g/mol. The number of nitrogens with zero attached hydrogens (tertiary/aromatic N) is 1. The minimum atomic E-state index is -0.410. The number of rotatable bonds is 7. The summed E-state index contributed by atoms with van der Waals surface area (Å²) in [5.74, 6) is 0.371. The molecule has 1 aliphatic heterocycles. The molecule has 2 aromatic rings. The predicted octanol–water partition coefficient (Wildman–Crippen LogP) is 2.92. The van der Waals surface area contributed by atoms with Crippen LogP contribution in [-0.4, -0.2) is 38.7 Å². The number of benzene rings is 2. The number of ether oxygens (including phenoxy) is 2. The van der Waals surface area contributed by atoms with Gasteiger partial charge in [0.25, 0.3) is 0 Å². The molecule has 2 aromatic carbocycles. The van der Waals surface area contributed by atoms with E-state index >= 15 is 0 Å². The third-order valence-electron chi connectivity index (χ3n) is 5.10. The zero-order valence-corrected chi connectivity index (χ0v) is 17.3. The average Bonchev–Trinajstić information content (AvgIpc) is 2.72. The van der Waals surface area contributed by atoms with E-state index in [1.54, 1.807) is 0 Å². The first kappa shape index (κ1) is 20.9. The van der Waals surface area contributed by atoms with Gasteiger partial charge in [-0.2, -0.15) is 0 Å². The molecule has 29 heavy (non-hydrogen) atoms. The van der Waals surface area contributed by atoms with Gasteiger partial charge in [0, 0.05) is 18.8 Å². The van der Waals surface area contributed by atoms with E-state index in [1.165, 1.54) is 12.7 Å². The molecule has 0 aliphatic carbocycles. The van der Waals surface area contributed by atoms with E-state index in [2.05, 4.69) is 16.1 Å². The maximum absolute atomic E-state index is 12.7. The first-order valence-corrected chi connectivity index (χ1v) is 9.88. The molecule has 0 bridgehead atoms. The van der Waals surface area contributed by atoms with E-state index in [4.69, 9.17) is 4.74 Å². The highest BCUT2D eigenvalue weighted by molar-refractivity contribution is 5.95. The van der Waals surface area contributed by atoms with Gasteiger partial charge in [-0.25, -0.2) is 4.79 Å². The number of carbonyl (C=O) groups is 2. The maximum Gasteiger partial charge on any atom is 0.343 e. The smallest absolute Gasteiger partial charge is 0.343 e. The maximum atomic E-state index is 12.7. The molecule has 154 valence electrons. The second-order valence-electron chi connectivity index (χ2n) is 7.30. The summed E-state index contributed by atoms with van der Waals surface area (Å²) in [5.41, 5.74) is 5.23. The quantitative estimate of drug-likeness (QED) is 0.729. The van der Waals surface area contributed by atoms with Crippen LogP contribution >= 0.6 is 0 Å². The average molecular weight is 396 g/mol. The Morgan fingerprint density at radius 3 is 2.59 bits per heavy atom. The van der Waals surface area contributed by atoms with Crippen LogP contribution in [0.4, 0.5) is 5.69 Å². The van der Waals surface area contributed by atoms with Crippen molar-refractivity contribution in [3.8, 4) is 5.75 Å². The summed E-state index contributed by atoms with van der Waals surface area (Å²) in [6, 6.07) is 12.1. The molecule has 3 rings (SSSR count). The highest BCUT2D eigenvalue weighted by Crippen LogP contribution is 2.27. The standard InChI is InChI=1S/C23H28N2O4/c1-16-11-18(12-17(2)23(16)29-15-22(27)28-3)13-24-14-21(26)25-10-6-8-19-7-4-5-9-20(19)25/h4-5,7,9,11-12,24H,6,8,10,13-15H2,1-3H3. The molecule has 1 amide bonds. The van der Waals surface area contributed by atoms with Crippen molar-refractivity contribution in [3.05, 3.63) is 58.7 Å². The Kier molecular flexibility index (Phi) is 6.88. The third kappa shape index (κ3) is 5.15. The highest BCUT2D eigenvalue weighted by atomic mass is 16.6. The van der Waals surface area contributed by atoms with Gasteiger partial charge in [-0.1, -0.05) is 30.3 Å². The molecule has 0 fully saturated rings. The molecule has 1 heterocycles. The van der Waals surface area contributed by atoms with Crippen LogP contribution in [0.25, 0.3) is 0 Å². The Bertz CT molecular complexity index is 871. The molecule has 0 saturated carbocycles. The van der Waals surface area contributed by atoms with Gasteiger partial charge in [-0.15, -0.1) is 0 Å². The molecule has 0 saturated heterocycles. The number of nitrogens with one attached hydrogen (secondary N) is 1. The van der Waals surface area contributed by atoms with Crippen molar-refractivity contribution < 1.29 is 19.1 Å². The lowest BCUT2D eigenvalue weighted by atomic mass is 10.0. The van der Waals surface area contributed by atoms with Crippen LogP contribution in [0.15, 0.2) is 36.4 Å². The fourth-order valence-electron chi connectivity index (χ4n) is 3.76. The molecular weight excluding hydrogens is 368 g/mol. The van der Waals surface area contributed by atoms with E-state index in [0.29, 0.717) is 12.3 Å². The minimum Gasteiger partial charge on any atom is -0.481 e. The van der Waals surface area contributed by atoms with Gasteiger partial charge in [0.1, 0.15) is 5.75 Å². The molecule has 6 nitrogen and oxygen atoms in total. The number of fused-ring (bicyclic) bond motifs is 1. The summed E-state index contributed by atoms with van der Waals surface area (Å²) in [5, 5.41) is 3.26. The lowest BCUT2D eigenvalue weighted by Crippen LogP contribution is -2.41. The predicted molar refractivity (Wildman–Crippen MR) is 112 cm³/mol. The number of carbonyl (C=O) groups excluding carboxylic acids is 2. The first-order valence-electron chi connectivity index (χ1n) is 9.88. The number of hydrogen-bond acceptors (Lipinski definition) is 5. The van der Waals surface area contributed by atoms with Crippen LogP contribution in [0.3, 0.4) is 0 Å². The molecule has 1 N–H and O–H groups in total. The van der Waals surface area contributed by atoms with E-state index in [1.807, 2.05) is 49.1 Å². The number of anilines is 1. The van der Waals surface area contributed by atoms with Gasteiger partial charge >= 0.3 is 5.97 Å². The lowest BCUT2D eigenvalue weighted by molar-refractivity contribution is -0.142. The summed E-state index contributed by atoms with van der Waals surface area (Å²) < 4.78 is 10.2. The van der Waals surface area contributed by atoms with E-state index < -0.39 is 5.97 Å². The summed E-state index contributed by atoms with van der Waals surface area (Å²) in [7, 11) is 1.34.